The predicted molar refractivity (Wildman–Crippen MR) is 39.9 cm³/mol. The molecule has 0 fully saturated rings. The third-order valence-electron chi connectivity index (χ3n) is 1.50. The number of aryl methyl sites for hydroxylation is 1. The first-order chi connectivity index (χ1) is 5.88. The summed E-state index contributed by atoms with van der Waals surface area (Å²) < 4.78 is 0. The van der Waals surface area contributed by atoms with Crippen LogP contribution in [0.5, 0.6) is 0 Å². The van der Waals surface area contributed by atoms with E-state index >= 15 is 0 Å². The van der Waals surface area contributed by atoms with Gasteiger partial charge >= 0.3 is 0 Å². The van der Waals surface area contributed by atoms with E-state index in [4.69, 9.17) is 0 Å². The van der Waals surface area contributed by atoms with Crippen molar-refractivity contribution in [3.8, 4) is 11.4 Å². The molecule has 0 amide bonds. The Kier molecular flexibility index (Phi) is 1.51. The number of hydrogen-bond donors (Lipinski definition) is 1. The standard InChI is InChI=1S/C6H6N6/c1-4-5(2-7-3-8-4)6-9-11-12-10-6/h2-3H,1H3,(H,9,10,11,12). The average Bonchev–Trinajstić information content (AvgIpc) is 2.57. The minimum Gasteiger partial charge on any atom is -0.244 e. The summed E-state index contributed by atoms with van der Waals surface area (Å²) in [6.45, 7) is 1.87. The van der Waals surface area contributed by atoms with Gasteiger partial charge in [-0.25, -0.2) is 9.97 Å². The molecule has 2 rings (SSSR count). The second kappa shape index (κ2) is 2.65. The number of hydrogen-bond acceptors (Lipinski definition) is 5. The highest BCUT2D eigenvalue weighted by molar-refractivity contribution is 5.54. The van der Waals surface area contributed by atoms with Crippen molar-refractivity contribution in [3.63, 3.8) is 0 Å². The molecule has 0 aliphatic rings. The SMILES string of the molecule is Cc1ncncc1-c1nn[nH]n1. The first-order valence-corrected chi connectivity index (χ1v) is 3.38. The average molecular weight is 162 g/mol. The Balaban J connectivity index is 2.55. The van der Waals surface area contributed by atoms with Crippen LogP contribution in [0.4, 0.5) is 0 Å². The summed E-state index contributed by atoms with van der Waals surface area (Å²) in [7, 11) is 0. The molecule has 0 unspecified atom stereocenters. The smallest absolute Gasteiger partial charge is 0.208 e. The number of aromatic amines is 1. The second-order valence-corrected chi connectivity index (χ2v) is 2.26. The van der Waals surface area contributed by atoms with Gasteiger partial charge in [0.2, 0.25) is 5.82 Å². The lowest BCUT2D eigenvalue weighted by Gasteiger charge is -1.95. The summed E-state index contributed by atoms with van der Waals surface area (Å²) in [6.07, 6.45) is 3.14. The molecule has 0 bridgehead atoms. The predicted octanol–water partition coefficient (Wildman–Crippen LogP) is -0.0349. The molecule has 2 aromatic rings. The van der Waals surface area contributed by atoms with Crippen molar-refractivity contribution in [1.82, 2.24) is 30.6 Å². The molecule has 1 N–H and O–H groups in total. The van der Waals surface area contributed by atoms with Gasteiger partial charge in [-0.05, 0) is 12.1 Å². The first-order valence-electron chi connectivity index (χ1n) is 3.38. The van der Waals surface area contributed by atoms with Crippen molar-refractivity contribution in [2.75, 3.05) is 0 Å². The molecule has 12 heavy (non-hydrogen) atoms. The monoisotopic (exact) mass is 162 g/mol. The number of rotatable bonds is 1. The molecule has 0 aromatic carbocycles. The van der Waals surface area contributed by atoms with Gasteiger partial charge in [-0.3, -0.25) is 0 Å². The van der Waals surface area contributed by atoms with Crippen molar-refractivity contribution in [2.45, 2.75) is 6.92 Å². The van der Waals surface area contributed by atoms with E-state index in [0.29, 0.717) is 5.82 Å². The van der Waals surface area contributed by atoms with Gasteiger partial charge in [0.05, 0.1) is 11.3 Å². The molecule has 0 aliphatic carbocycles. The van der Waals surface area contributed by atoms with Gasteiger partial charge in [0.25, 0.3) is 0 Å². The van der Waals surface area contributed by atoms with Gasteiger partial charge in [0.1, 0.15) is 6.33 Å². The third kappa shape index (κ3) is 1.03. The van der Waals surface area contributed by atoms with Crippen LogP contribution in [-0.2, 0) is 0 Å². The second-order valence-electron chi connectivity index (χ2n) is 2.26. The van der Waals surface area contributed by atoms with Crippen molar-refractivity contribution >= 4 is 0 Å². The third-order valence-corrected chi connectivity index (χ3v) is 1.50. The molecule has 2 aromatic heterocycles. The molecule has 0 atom stereocenters. The fourth-order valence-corrected chi connectivity index (χ4v) is 0.886. The van der Waals surface area contributed by atoms with E-state index in [1.54, 1.807) is 6.20 Å². The zero-order valence-corrected chi connectivity index (χ0v) is 6.39. The quantitative estimate of drug-likeness (QED) is 0.636. The summed E-state index contributed by atoms with van der Waals surface area (Å²) in [5.41, 5.74) is 1.64. The van der Waals surface area contributed by atoms with Crippen LogP contribution in [0.15, 0.2) is 12.5 Å². The molecular formula is C6H6N6. The van der Waals surface area contributed by atoms with Crippen LogP contribution >= 0.6 is 0 Å². The maximum Gasteiger partial charge on any atom is 0.208 e. The van der Waals surface area contributed by atoms with Gasteiger partial charge in [0, 0.05) is 6.20 Å². The Hall–Kier alpha value is -1.85. The maximum atomic E-state index is 4.00. The molecule has 0 spiro atoms. The van der Waals surface area contributed by atoms with Crippen molar-refractivity contribution in [2.24, 2.45) is 0 Å². The summed E-state index contributed by atoms with van der Waals surface area (Å²) in [4.78, 5) is 7.87. The van der Waals surface area contributed by atoms with Crippen LogP contribution in [-0.4, -0.2) is 30.6 Å². The number of aromatic nitrogens is 6. The topological polar surface area (TPSA) is 80.2 Å². The summed E-state index contributed by atoms with van der Waals surface area (Å²) >= 11 is 0. The molecule has 0 aliphatic heterocycles. The number of nitrogens with zero attached hydrogens (tertiary/aromatic N) is 5. The Labute approximate surface area is 68.1 Å². The Bertz CT molecular complexity index is 367. The lowest BCUT2D eigenvalue weighted by atomic mass is 10.2. The molecule has 0 saturated heterocycles. The van der Waals surface area contributed by atoms with Crippen molar-refractivity contribution in [1.29, 1.82) is 0 Å². The van der Waals surface area contributed by atoms with Gasteiger partial charge in [-0.2, -0.15) is 5.21 Å². The van der Waals surface area contributed by atoms with E-state index in [1.165, 1.54) is 6.33 Å². The van der Waals surface area contributed by atoms with Gasteiger partial charge < -0.3 is 0 Å². The number of tetrazole rings is 1. The highest BCUT2D eigenvalue weighted by atomic mass is 15.5. The van der Waals surface area contributed by atoms with Crippen LogP contribution in [0.3, 0.4) is 0 Å². The van der Waals surface area contributed by atoms with Gasteiger partial charge in [0.15, 0.2) is 0 Å². The van der Waals surface area contributed by atoms with E-state index in [1.807, 2.05) is 6.92 Å². The van der Waals surface area contributed by atoms with Crippen LogP contribution < -0.4 is 0 Å². The fourth-order valence-electron chi connectivity index (χ4n) is 0.886. The lowest BCUT2D eigenvalue weighted by molar-refractivity contribution is 0.881. The molecule has 60 valence electrons. The van der Waals surface area contributed by atoms with Crippen LogP contribution in [0.2, 0.25) is 0 Å². The van der Waals surface area contributed by atoms with Gasteiger partial charge in [-0.15, -0.1) is 10.2 Å². The largest absolute Gasteiger partial charge is 0.244 e. The zero-order chi connectivity index (χ0) is 8.39. The van der Waals surface area contributed by atoms with E-state index in [9.17, 15) is 0 Å². The zero-order valence-electron chi connectivity index (χ0n) is 6.39. The molecule has 2 heterocycles. The van der Waals surface area contributed by atoms with Crippen LogP contribution in [0.1, 0.15) is 5.69 Å². The number of nitrogens with one attached hydrogen (secondary N) is 1. The summed E-state index contributed by atoms with van der Waals surface area (Å²) in [5.74, 6) is 0.521. The minimum absolute atomic E-state index is 0.521. The number of H-pyrrole nitrogens is 1. The van der Waals surface area contributed by atoms with Crippen LogP contribution in [0.25, 0.3) is 11.4 Å². The summed E-state index contributed by atoms with van der Waals surface area (Å²) in [6, 6.07) is 0. The molecule has 6 nitrogen and oxygen atoms in total. The Morgan fingerprint density at radius 3 is 3.00 bits per heavy atom. The van der Waals surface area contributed by atoms with E-state index in [-0.39, 0.29) is 0 Å². The lowest BCUT2D eigenvalue weighted by Crippen LogP contribution is -1.90. The highest BCUT2D eigenvalue weighted by Gasteiger charge is 2.05. The van der Waals surface area contributed by atoms with Crippen molar-refractivity contribution < 1.29 is 0 Å². The van der Waals surface area contributed by atoms with E-state index in [2.05, 4.69) is 30.6 Å². The first kappa shape index (κ1) is 6.84. The molecule has 0 saturated carbocycles. The van der Waals surface area contributed by atoms with Gasteiger partial charge in [-0.1, -0.05) is 0 Å². The van der Waals surface area contributed by atoms with E-state index in [0.717, 1.165) is 11.3 Å². The maximum absolute atomic E-state index is 4.00. The minimum atomic E-state index is 0.521. The normalized spacial score (nSPS) is 10.1. The summed E-state index contributed by atoms with van der Waals surface area (Å²) in [5, 5.41) is 13.5. The molecule has 0 radical (unpaired) electrons. The van der Waals surface area contributed by atoms with Crippen LogP contribution in [0, 0.1) is 6.92 Å². The fraction of sp³-hybridized carbons (Fsp3) is 0.167. The molecular weight excluding hydrogens is 156 g/mol. The Morgan fingerprint density at radius 2 is 2.33 bits per heavy atom. The van der Waals surface area contributed by atoms with E-state index < -0.39 is 0 Å². The highest BCUT2D eigenvalue weighted by Crippen LogP contribution is 2.13. The Morgan fingerprint density at radius 1 is 1.42 bits per heavy atom. The molecule has 6 heteroatoms. The van der Waals surface area contributed by atoms with Crippen molar-refractivity contribution in [3.05, 3.63) is 18.2 Å².